The van der Waals surface area contributed by atoms with Crippen LogP contribution < -0.4 is 15.0 Å². The number of nitrogens with zero attached hydrogens (tertiary/aromatic N) is 4. The van der Waals surface area contributed by atoms with E-state index < -0.39 is 0 Å². The zero-order chi connectivity index (χ0) is 23.1. The fourth-order valence-corrected chi connectivity index (χ4v) is 4.81. The first-order valence-corrected chi connectivity index (χ1v) is 11.8. The first-order chi connectivity index (χ1) is 16.7. The van der Waals surface area contributed by atoms with Gasteiger partial charge in [0.05, 0.1) is 26.0 Å². The van der Waals surface area contributed by atoms with E-state index in [1.165, 1.54) is 0 Å². The summed E-state index contributed by atoms with van der Waals surface area (Å²) >= 11 is 0. The van der Waals surface area contributed by atoms with E-state index >= 15 is 0 Å². The highest BCUT2D eigenvalue weighted by molar-refractivity contribution is 5.94. The van der Waals surface area contributed by atoms with Crippen molar-refractivity contribution in [3.63, 3.8) is 0 Å². The van der Waals surface area contributed by atoms with Gasteiger partial charge in [-0.2, -0.15) is 0 Å². The number of imidazole rings is 1. The van der Waals surface area contributed by atoms with Crippen LogP contribution >= 0.6 is 0 Å². The molecule has 9 nitrogen and oxygen atoms in total. The number of furan rings is 1. The maximum atomic E-state index is 11.4. The second kappa shape index (κ2) is 8.64. The Bertz CT molecular complexity index is 1350. The Morgan fingerprint density at radius 2 is 2.21 bits per heavy atom. The molecule has 1 amide bonds. The average molecular weight is 462 g/mol. The number of aromatic nitrogens is 3. The predicted molar refractivity (Wildman–Crippen MR) is 127 cm³/mol. The Balaban J connectivity index is 1.27. The van der Waals surface area contributed by atoms with Gasteiger partial charge in [0.15, 0.2) is 11.4 Å². The van der Waals surface area contributed by atoms with Gasteiger partial charge >= 0.3 is 0 Å². The summed E-state index contributed by atoms with van der Waals surface area (Å²) < 4.78 is 19.5. The van der Waals surface area contributed by atoms with Crippen LogP contribution in [0.25, 0.3) is 28.1 Å². The molecule has 2 fully saturated rings. The number of hydrogen-bond acceptors (Lipinski definition) is 7. The summed E-state index contributed by atoms with van der Waals surface area (Å²) in [4.78, 5) is 18.2. The lowest BCUT2D eigenvalue weighted by atomic mass is 10.1. The number of anilines is 1. The Morgan fingerprint density at radius 3 is 3.06 bits per heavy atom. The molecule has 0 saturated carbocycles. The molecular formula is C25H27N5O4. The van der Waals surface area contributed by atoms with Crippen molar-refractivity contribution >= 4 is 28.2 Å². The largest absolute Gasteiger partial charge is 0.477 e. The summed E-state index contributed by atoms with van der Waals surface area (Å²) in [5.41, 5.74) is 3.45. The fraction of sp³-hybridized carbons (Fsp3) is 0.400. The first-order valence-electron chi connectivity index (χ1n) is 11.8. The minimum absolute atomic E-state index is 0.115. The summed E-state index contributed by atoms with van der Waals surface area (Å²) in [6, 6.07) is 12.4. The third kappa shape index (κ3) is 3.86. The summed E-state index contributed by atoms with van der Waals surface area (Å²) in [5, 5.41) is 8.67. The molecule has 9 heteroatoms. The van der Waals surface area contributed by atoms with Gasteiger partial charge in [-0.25, -0.2) is 9.50 Å². The van der Waals surface area contributed by atoms with Gasteiger partial charge < -0.3 is 24.1 Å². The van der Waals surface area contributed by atoms with Crippen LogP contribution in [0.15, 0.2) is 47.0 Å². The second-order valence-electron chi connectivity index (χ2n) is 8.94. The maximum Gasteiger partial charge on any atom is 0.231 e. The number of rotatable bonds is 6. The Kier molecular flexibility index (Phi) is 5.33. The van der Waals surface area contributed by atoms with E-state index in [9.17, 15) is 4.79 Å². The molecule has 176 valence electrons. The molecule has 2 aliphatic heterocycles. The third-order valence-corrected chi connectivity index (χ3v) is 6.61. The van der Waals surface area contributed by atoms with E-state index in [0.29, 0.717) is 43.0 Å². The number of benzene rings is 1. The molecule has 0 spiro atoms. The highest BCUT2D eigenvalue weighted by Gasteiger charge is 2.23. The minimum atomic E-state index is 0.115. The molecule has 6 rings (SSSR count). The van der Waals surface area contributed by atoms with E-state index in [1.54, 1.807) is 10.7 Å². The number of hydrogen-bond donors (Lipinski definition) is 1. The first kappa shape index (κ1) is 21.0. The molecule has 2 unspecified atom stereocenters. The van der Waals surface area contributed by atoms with Crippen LogP contribution in [-0.4, -0.2) is 59.0 Å². The molecular weight excluding hydrogens is 434 g/mol. The fourth-order valence-electron chi connectivity index (χ4n) is 4.81. The molecule has 3 aromatic heterocycles. The van der Waals surface area contributed by atoms with Crippen molar-refractivity contribution in [1.82, 2.24) is 19.9 Å². The Hall–Kier alpha value is -3.59. The number of amides is 1. The standard InChI is InChI=1S/C25H27N5O4/c1-16-15-32-12-10-29(16)19-3-2-4-21-18(19)13-22(34-21)20-14-26-23-6-8-25(28-30(20)23)33-11-9-17-5-7-24(31)27-17/h2-4,6,8,13-14,16-17H,5,7,9-12,15H2,1H3,(H,27,31). The quantitative estimate of drug-likeness (QED) is 0.470. The third-order valence-electron chi connectivity index (χ3n) is 6.61. The lowest BCUT2D eigenvalue weighted by Crippen LogP contribution is -2.43. The van der Waals surface area contributed by atoms with E-state index in [4.69, 9.17) is 13.9 Å². The van der Waals surface area contributed by atoms with Crippen LogP contribution in [0.2, 0.25) is 0 Å². The number of carbonyl (C=O) groups is 1. The van der Waals surface area contributed by atoms with Crippen molar-refractivity contribution in [2.45, 2.75) is 38.3 Å². The summed E-state index contributed by atoms with van der Waals surface area (Å²) in [5.74, 6) is 1.33. The van der Waals surface area contributed by atoms with E-state index in [2.05, 4.69) is 39.4 Å². The molecule has 2 atom stereocenters. The molecule has 1 N–H and O–H groups in total. The van der Waals surface area contributed by atoms with Crippen molar-refractivity contribution in [3.8, 4) is 17.3 Å². The van der Waals surface area contributed by atoms with Crippen LogP contribution in [0, 0.1) is 0 Å². The van der Waals surface area contributed by atoms with E-state index in [-0.39, 0.29) is 11.9 Å². The molecule has 1 aromatic carbocycles. The summed E-state index contributed by atoms with van der Waals surface area (Å²) in [7, 11) is 0. The van der Waals surface area contributed by atoms with Crippen molar-refractivity contribution in [1.29, 1.82) is 0 Å². The van der Waals surface area contributed by atoms with E-state index in [1.807, 2.05) is 24.3 Å². The number of nitrogens with one attached hydrogen (secondary N) is 1. The van der Waals surface area contributed by atoms with Gasteiger partial charge in [0, 0.05) is 48.6 Å². The van der Waals surface area contributed by atoms with Crippen molar-refractivity contribution < 1.29 is 18.7 Å². The van der Waals surface area contributed by atoms with Crippen LogP contribution in [0.1, 0.15) is 26.2 Å². The highest BCUT2D eigenvalue weighted by atomic mass is 16.5. The summed E-state index contributed by atoms with van der Waals surface area (Å²) in [6.07, 6.45) is 3.98. The average Bonchev–Trinajstić information content (AvgIpc) is 3.57. The molecule has 2 saturated heterocycles. The molecule has 0 bridgehead atoms. The zero-order valence-electron chi connectivity index (χ0n) is 19.1. The van der Waals surface area contributed by atoms with Gasteiger partial charge in [0.1, 0.15) is 11.3 Å². The molecule has 2 aliphatic rings. The van der Waals surface area contributed by atoms with Gasteiger partial charge in [-0.15, -0.1) is 5.10 Å². The molecule has 4 aromatic rings. The van der Waals surface area contributed by atoms with Crippen molar-refractivity contribution in [2.24, 2.45) is 0 Å². The van der Waals surface area contributed by atoms with Crippen LogP contribution in [-0.2, 0) is 9.53 Å². The summed E-state index contributed by atoms with van der Waals surface area (Å²) in [6.45, 7) is 4.95. The highest BCUT2D eigenvalue weighted by Crippen LogP contribution is 2.35. The van der Waals surface area contributed by atoms with Gasteiger partial charge in [-0.1, -0.05) is 6.07 Å². The topological polar surface area (TPSA) is 94.1 Å². The predicted octanol–water partition coefficient (Wildman–Crippen LogP) is 3.42. The molecule has 5 heterocycles. The number of morpholine rings is 1. The van der Waals surface area contributed by atoms with Gasteiger partial charge in [-0.3, -0.25) is 4.79 Å². The molecule has 0 radical (unpaired) electrons. The monoisotopic (exact) mass is 461 g/mol. The normalized spacial score (nSPS) is 20.9. The minimum Gasteiger partial charge on any atom is -0.477 e. The molecule has 0 aliphatic carbocycles. The van der Waals surface area contributed by atoms with Crippen molar-refractivity contribution in [3.05, 3.63) is 42.6 Å². The van der Waals surface area contributed by atoms with Gasteiger partial charge in [0.2, 0.25) is 11.8 Å². The SMILES string of the molecule is CC1COCCN1c1cccc2oc(-c3cnc4ccc(OCCC5CCC(=O)N5)nn34)cc12. The second-order valence-corrected chi connectivity index (χ2v) is 8.94. The van der Waals surface area contributed by atoms with Gasteiger partial charge in [0.25, 0.3) is 0 Å². The number of fused-ring (bicyclic) bond motifs is 2. The smallest absolute Gasteiger partial charge is 0.231 e. The van der Waals surface area contributed by atoms with Crippen LogP contribution in [0.4, 0.5) is 5.69 Å². The van der Waals surface area contributed by atoms with Gasteiger partial charge in [-0.05, 0) is 37.6 Å². The van der Waals surface area contributed by atoms with Crippen molar-refractivity contribution in [2.75, 3.05) is 31.3 Å². The van der Waals surface area contributed by atoms with E-state index in [0.717, 1.165) is 48.3 Å². The lowest BCUT2D eigenvalue weighted by Gasteiger charge is -2.35. The van der Waals surface area contributed by atoms with Crippen LogP contribution in [0.5, 0.6) is 5.88 Å². The molecule has 34 heavy (non-hydrogen) atoms. The Labute approximate surface area is 196 Å². The van der Waals surface area contributed by atoms with Crippen LogP contribution in [0.3, 0.4) is 0 Å². The number of carbonyl (C=O) groups excluding carboxylic acids is 1. The Morgan fingerprint density at radius 1 is 1.26 bits per heavy atom. The maximum absolute atomic E-state index is 11.4. The lowest BCUT2D eigenvalue weighted by molar-refractivity contribution is -0.119. The zero-order valence-corrected chi connectivity index (χ0v) is 19.1. The number of ether oxygens (including phenoxy) is 2.